The van der Waals surface area contributed by atoms with E-state index < -0.39 is 23.3 Å². The van der Waals surface area contributed by atoms with Gasteiger partial charge < -0.3 is 10.1 Å². The van der Waals surface area contributed by atoms with Gasteiger partial charge in [-0.05, 0) is 56.6 Å². The second kappa shape index (κ2) is 6.74. The maximum atomic E-state index is 13.9. The number of aryl methyl sites for hydroxylation is 1. The zero-order chi connectivity index (χ0) is 23.1. The van der Waals surface area contributed by atoms with Crippen LogP contribution in [0.15, 0.2) is 42.5 Å². The summed E-state index contributed by atoms with van der Waals surface area (Å²) in [6.45, 7) is 3.95. The summed E-state index contributed by atoms with van der Waals surface area (Å²) in [5.41, 5.74) is 1.74. The number of amides is 3. The third-order valence-electron chi connectivity index (χ3n) is 7.50. The number of imide groups is 1. The Morgan fingerprint density at radius 3 is 2.58 bits per heavy atom. The molecule has 0 bridgehead atoms. The molecule has 168 valence electrons. The van der Waals surface area contributed by atoms with Crippen LogP contribution in [0.25, 0.3) is 0 Å². The third-order valence-corrected chi connectivity index (χ3v) is 7.50. The van der Waals surface area contributed by atoms with Crippen LogP contribution in [0, 0.1) is 18.8 Å². The van der Waals surface area contributed by atoms with E-state index in [1.54, 1.807) is 24.3 Å². The van der Waals surface area contributed by atoms with Crippen molar-refractivity contribution in [3.63, 3.8) is 0 Å². The minimum absolute atomic E-state index is 0.158. The zero-order valence-electron chi connectivity index (χ0n) is 18.3. The van der Waals surface area contributed by atoms with Gasteiger partial charge in [-0.3, -0.25) is 24.1 Å². The van der Waals surface area contributed by atoms with Crippen molar-refractivity contribution in [3.8, 4) is 5.75 Å². The Morgan fingerprint density at radius 1 is 1.09 bits per heavy atom. The molecule has 4 aliphatic rings. The number of fused-ring (bicyclic) bond motifs is 7. The largest absolute Gasteiger partial charge is 0.427 e. The molecule has 1 spiro atoms. The molecular formula is C25H23N3O5. The van der Waals surface area contributed by atoms with E-state index in [1.165, 1.54) is 11.8 Å². The molecule has 3 saturated heterocycles. The molecule has 0 saturated carbocycles. The first kappa shape index (κ1) is 20.1. The number of benzene rings is 2. The van der Waals surface area contributed by atoms with Crippen molar-refractivity contribution in [3.05, 3.63) is 53.6 Å². The topological polar surface area (TPSA) is 96.0 Å². The molecule has 1 N–H and O–H groups in total. The molecule has 4 heterocycles. The average Bonchev–Trinajstić information content (AvgIpc) is 3.47. The number of nitrogens with zero attached hydrogens (tertiary/aromatic N) is 2. The fourth-order valence-electron chi connectivity index (χ4n) is 6.40. The van der Waals surface area contributed by atoms with Crippen LogP contribution in [0.3, 0.4) is 0 Å². The standard InChI is InChI=1S/C25H23N3O5/c1-13-5-10-18-17(12-13)25(24(32)26-18)21-20(19-4-3-11-27(19)25)22(30)28(23(21)31)15-6-8-16(9-7-15)33-14(2)29/h5-10,12,19-21H,3-4,11H2,1-2H3,(H,26,32). The third kappa shape index (κ3) is 2.49. The van der Waals surface area contributed by atoms with E-state index in [9.17, 15) is 19.2 Å². The Balaban J connectivity index is 1.47. The summed E-state index contributed by atoms with van der Waals surface area (Å²) >= 11 is 0. The minimum Gasteiger partial charge on any atom is -0.427 e. The molecule has 33 heavy (non-hydrogen) atoms. The first-order chi connectivity index (χ1) is 15.8. The summed E-state index contributed by atoms with van der Waals surface area (Å²) in [7, 11) is 0. The van der Waals surface area contributed by atoms with Crippen molar-refractivity contribution in [1.29, 1.82) is 0 Å². The molecule has 8 nitrogen and oxygen atoms in total. The van der Waals surface area contributed by atoms with Crippen molar-refractivity contribution in [1.82, 2.24) is 4.90 Å². The van der Waals surface area contributed by atoms with Crippen LogP contribution in [0.4, 0.5) is 11.4 Å². The second-order valence-electron chi connectivity index (χ2n) is 9.28. The van der Waals surface area contributed by atoms with Crippen LogP contribution in [0.5, 0.6) is 5.75 Å². The number of nitrogens with one attached hydrogen (secondary N) is 1. The zero-order valence-corrected chi connectivity index (χ0v) is 18.3. The lowest BCUT2D eigenvalue weighted by Crippen LogP contribution is -2.54. The van der Waals surface area contributed by atoms with Crippen molar-refractivity contribution >= 4 is 35.1 Å². The molecule has 3 fully saturated rings. The minimum atomic E-state index is -1.17. The summed E-state index contributed by atoms with van der Waals surface area (Å²) in [5, 5.41) is 2.99. The molecule has 2 aromatic rings. The van der Waals surface area contributed by atoms with Crippen molar-refractivity contribution < 1.29 is 23.9 Å². The van der Waals surface area contributed by atoms with Crippen LogP contribution >= 0.6 is 0 Å². The van der Waals surface area contributed by atoms with Gasteiger partial charge in [0.1, 0.15) is 11.3 Å². The Labute approximate surface area is 190 Å². The molecule has 6 rings (SSSR count). The summed E-state index contributed by atoms with van der Waals surface area (Å²) in [5.74, 6) is -2.33. The normalized spacial score (nSPS) is 29.9. The van der Waals surface area contributed by atoms with Crippen LogP contribution < -0.4 is 15.0 Å². The van der Waals surface area contributed by atoms with E-state index >= 15 is 0 Å². The fourth-order valence-corrected chi connectivity index (χ4v) is 6.40. The number of rotatable bonds is 2. The van der Waals surface area contributed by atoms with E-state index in [0.29, 0.717) is 23.7 Å². The lowest BCUT2D eigenvalue weighted by Gasteiger charge is -2.36. The predicted molar refractivity (Wildman–Crippen MR) is 118 cm³/mol. The van der Waals surface area contributed by atoms with Crippen molar-refractivity contribution in [2.24, 2.45) is 11.8 Å². The fraction of sp³-hybridized carbons (Fsp3) is 0.360. The number of ether oxygens (including phenoxy) is 1. The molecule has 0 radical (unpaired) electrons. The first-order valence-corrected chi connectivity index (χ1v) is 11.2. The molecule has 4 aliphatic heterocycles. The number of hydrogen-bond acceptors (Lipinski definition) is 6. The van der Waals surface area contributed by atoms with Gasteiger partial charge in [0.2, 0.25) is 17.7 Å². The van der Waals surface area contributed by atoms with Crippen LogP contribution in [-0.2, 0) is 24.7 Å². The maximum absolute atomic E-state index is 13.9. The van der Waals surface area contributed by atoms with Gasteiger partial charge in [-0.2, -0.15) is 0 Å². The van der Waals surface area contributed by atoms with Gasteiger partial charge in [0.25, 0.3) is 0 Å². The highest BCUT2D eigenvalue weighted by atomic mass is 16.5. The molecule has 4 atom stereocenters. The Morgan fingerprint density at radius 2 is 1.85 bits per heavy atom. The van der Waals surface area contributed by atoms with Crippen LogP contribution in [0.1, 0.15) is 30.9 Å². The number of anilines is 2. The highest BCUT2D eigenvalue weighted by Crippen LogP contribution is 2.60. The molecule has 3 amide bonds. The SMILES string of the molecule is CC(=O)Oc1ccc(N2C(=O)C3C4CCCN4C4(C(=O)Nc5ccc(C)cc54)C3C2=O)cc1. The summed E-state index contributed by atoms with van der Waals surface area (Å²) in [6, 6.07) is 11.9. The first-order valence-electron chi connectivity index (χ1n) is 11.2. The number of carbonyl (C=O) groups is 4. The average molecular weight is 445 g/mol. The molecule has 8 heteroatoms. The Hall–Kier alpha value is -3.52. The molecule has 4 unspecified atom stereocenters. The van der Waals surface area contributed by atoms with E-state index in [1.807, 2.05) is 25.1 Å². The van der Waals surface area contributed by atoms with Crippen LogP contribution in [0.2, 0.25) is 0 Å². The number of hydrogen-bond donors (Lipinski definition) is 1. The van der Waals surface area contributed by atoms with Crippen molar-refractivity contribution in [2.45, 2.75) is 38.3 Å². The maximum Gasteiger partial charge on any atom is 0.308 e. The van der Waals surface area contributed by atoms with Gasteiger partial charge in [-0.15, -0.1) is 0 Å². The van der Waals surface area contributed by atoms with Crippen molar-refractivity contribution in [2.75, 3.05) is 16.8 Å². The monoisotopic (exact) mass is 445 g/mol. The van der Waals surface area contributed by atoms with E-state index in [4.69, 9.17) is 4.74 Å². The lowest BCUT2D eigenvalue weighted by molar-refractivity contribution is -0.135. The highest BCUT2D eigenvalue weighted by Gasteiger charge is 2.74. The second-order valence-corrected chi connectivity index (χ2v) is 9.28. The Bertz CT molecular complexity index is 1240. The summed E-state index contributed by atoms with van der Waals surface area (Å²) in [4.78, 5) is 55.7. The van der Waals surface area contributed by atoms with Gasteiger partial charge >= 0.3 is 5.97 Å². The number of esters is 1. The van der Waals surface area contributed by atoms with Gasteiger partial charge in [0.15, 0.2) is 0 Å². The van der Waals surface area contributed by atoms with Gasteiger partial charge in [-0.25, -0.2) is 4.90 Å². The van der Waals surface area contributed by atoms with E-state index in [-0.39, 0.29) is 23.8 Å². The van der Waals surface area contributed by atoms with Gasteiger partial charge in [0.05, 0.1) is 17.5 Å². The molecule has 0 aliphatic carbocycles. The summed E-state index contributed by atoms with van der Waals surface area (Å²) in [6.07, 6.45) is 1.65. The summed E-state index contributed by atoms with van der Waals surface area (Å²) < 4.78 is 5.07. The molecular weight excluding hydrogens is 422 g/mol. The quantitative estimate of drug-likeness (QED) is 0.433. The van der Waals surface area contributed by atoms with Gasteiger partial charge in [-0.1, -0.05) is 17.7 Å². The van der Waals surface area contributed by atoms with E-state index in [2.05, 4.69) is 10.2 Å². The molecule has 2 aromatic carbocycles. The van der Waals surface area contributed by atoms with E-state index in [0.717, 1.165) is 24.0 Å². The Kier molecular flexibility index (Phi) is 4.11. The lowest BCUT2D eigenvalue weighted by atomic mass is 9.75. The van der Waals surface area contributed by atoms with Crippen LogP contribution in [-0.4, -0.2) is 41.2 Å². The highest BCUT2D eigenvalue weighted by molar-refractivity contribution is 6.25. The predicted octanol–water partition coefficient (Wildman–Crippen LogP) is 2.35. The number of carbonyl (C=O) groups excluding carboxylic acids is 4. The van der Waals surface area contributed by atoms with Gasteiger partial charge in [0, 0.05) is 24.2 Å². The smallest absolute Gasteiger partial charge is 0.308 e. The molecule has 0 aromatic heterocycles.